The van der Waals surface area contributed by atoms with E-state index in [4.69, 9.17) is 17.3 Å². The Bertz CT molecular complexity index is 574. The zero-order valence-electron chi connectivity index (χ0n) is 11.4. The summed E-state index contributed by atoms with van der Waals surface area (Å²) in [5.41, 5.74) is 7.28. The number of aromatic nitrogens is 4. The molecule has 0 atom stereocenters. The van der Waals surface area contributed by atoms with E-state index in [2.05, 4.69) is 36.3 Å². The molecule has 0 saturated carbocycles. The average Bonchev–Trinajstić information content (AvgIpc) is 2.87. The topological polar surface area (TPSA) is 69.6 Å². The van der Waals surface area contributed by atoms with Gasteiger partial charge in [-0.2, -0.15) is 0 Å². The van der Waals surface area contributed by atoms with E-state index >= 15 is 0 Å². The van der Waals surface area contributed by atoms with Gasteiger partial charge in [-0.25, -0.2) is 4.68 Å². The van der Waals surface area contributed by atoms with Crippen LogP contribution in [0, 0.1) is 0 Å². The highest BCUT2D eigenvalue weighted by atomic mass is 35.5. The van der Waals surface area contributed by atoms with Crippen LogP contribution in [0.3, 0.4) is 0 Å². The minimum atomic E-state index is -0.120. The first-order chi connectivity index (χ1) is 9.01. The van der Waals surface area contributed by atoms with Gasteiger partial charge in [0.15, 0.2) is 5.82 Å². The van der Waals surface area contributed by atoms with Crippen molar-refractivity contribution in [3.05, 3.63) is 23.2 Å². The summed E-state index contributed by atoms with van der Waals surface area (Å²) in [5, 5.41) is 12.7. The van der Waals surface area contributed by atoms with Gasteiger partial charge < -0.3 is 5.73 Å². The van der Waals surface area contributed by atoms with Crippen LogP contribution in [-0.2, 0) is 5.54 Å². The molecule has 0 fully saturated rings. The highest BCUT2D eigenvalue weighted by molar-refractivity contribution is 6.31. The maximum Gasteiger partial charge on any atom is 0.184 e. The van der Waals surface area contributed by atoms with Crippen molar-refractivity contribution >= 4 is 17.3 Å². The molecular weight excluding hydrogens is 262 g/mol. The third kappa shape index (κ3) is 2.42. The van der Waals surface area contributed by atoms with Gasteiger partial charge in [0.1, 0.15) is 0 Å². The molecule has 0 radical (unpaired) electrons. The standard InChI is InChI=1S/C13H18ClN5/c1-4-13(3,5-2)19-12(16-17-18-19)10-7-6-9(14)8-11(10)15/h6-8H,4-5,15H2,1-3H3. The van der Waals surface area contributed by atoms with Gasteiger partial charge in [-0.05, 0) is 48.4 Å². The van der Waals surface area contributed by atoms with Crippen molar-refractivity contribution in [3.63, 3.8) is 0 Å². The quantitative estimate of drug-likeness (QED) is 0.873. The molecule has 6 heteroatoms. The molecule has 102 valence electrons. The number of nitrogens with zero attached hydrogens (tertiary/aromatic N) is 4. The van der Waals surface area contributed by atoms with E-state index in [-0.39, 0.29) is 5.54 Å². The number of nitrogen functional groups attached to an aromatic ring is 1. The van der Waals surface area contributed by atoms with E-state index < -0.39 is 0 Å². The van der Waals surface area contributed by atoms with Crippen molar-refractivity contribution in [2.75, 3.05) is 5.73 Å². The number of halogens is 1. The van der Waals surface area contributed by atoms with Gasteiger partial charge in [0, 0.05) is 16.3 Å². The Balaban J connectivity index is 2.56. The van der Waals surface area contributed by atoms with Gasteiger partial charge in [0.05, 0.1) is 5.54 Å². The van der Waals surface area contributed by atoms with Gasteiger partial charge in [0.25, 0.3) is 0 Å². The third-order valence-electron chi connectivity index (χ3n) is 3.76. The molecule has 0 amide bonds. The monoisotopic (exact) mass is 279 g/mol. The molecule has 0 saturated heterocycles. The SMILES string of the molecule is CCC(C)(CC)n1nnnc1-c1ccc(Cl)cc1N. The summed E-state index contributed by atoms with van der Waals surface area (Å²) in [4.78, 5) is 0. The lowest BCUT2D eigenvalue weighted by Gasteiger charge is -2.27. The van der Waals surface area contributed by atoms with Gasteiger partial charge >= 0.3 is 0 Å². The van der Waals surface area contributed by atoms with Crippen molar-refractivity contribution in [1.29, 1.82) is 0 Å². The summed E-state index contributed by atoms with van der Waals surface area (Å²) in [6.07, 6.45) is 1.88. The van der Waals surface area contributed by atoms with Crippen LogP contribution in [-0.4, -0.2) is 20.2 Å². The fourth-order valence-corrected chi connectivity index (χ4v) is 2.19. The van der Waals surface area contributed by atoms with Gasteiger partial charge in [-0.3, -0.25) is 0 Å². The molecule has 2 rings (SSSR count). The Labute approximate surface area is 117 Å². The van der Waals surface area contributed by atoms with Crippen LogP contribution < -0.4 is 5.73 Å². The third-order valence-corrected chi connectivity index (χ3v) is 3.99. The van der Waals surface area contributed by atoms with E-state index in [1.807, 2.05) is 10.7 Å². The fourth-order valence-electron chi connectivity index (χ4n) is 2.01. The highest BCUT2D eigenvalue weighted by Gasteiger charge is 2.28. The van der Waals surface area contributed by atoms with E-state index in [9.17, 15) is 0 Å². The van der Waals surface area contributed by atoms with Crippen LogP contribution in [0.5, 0.6) is 0 Å². The van der Waals surface area contributed by atoms with Crippen molar-refractivity contribution in [1.82, 2.24) is 20.2 Å². The molecule has 0 bridgehead atoms. The van der Waals surface area contributed by atoms with Crippen molar-refractivity contribution < 1.29 is 0 Å². The number of nitrogens with two attached hydrogens (primary N) is 1. The van der Waals surface area contributed by atoms with E-state index in [1.165, 1.54) is 0 Å². The van der Waals surface area contributed by atoms with E-state index in [1.54, 1.807) is 12.1 Å². The first-order valence-electron chi connectivity index (χ1n) is 6.36. The summed E-state index contributed by atoms with van der Waals surface area (Å²) >= 11 is 5.92. The molecule has 0 unspecified atom stereocenters. The first-order valence-corrected chi connectivity index (χ1v) is 6.74. The number of hydrogen-bond acceptors (Lipinski definition) is 4. The van der Waals surface area contributed by atoms with Crippen molar-refractivity contribution in [3.8, 4) is 11.4 Å². The zero-order chi connectivity index (χ0) is 14.0. The lowest BCUT2D eigenvalue weighted by Crippen LogP contribution is -2.30. The molecule has 0 spiro atoms. The predicted octanol–water partition coefficient (Wildman–Crippen LogP) is 3.11. The molecule has 2 aromatic rings. The Kier molecular flexibility index (Phi) is 3.75. The van der Waals surface area contributed by atoms with Gasteiger partial charge in [0.2, 0.25) is 0 Å². The number of benzene rings is 1. The molecule has 0 aliphatic rings. The Hall–Kier alpha value is -1.62. The molecule has 5 nitrogen and oxygen atoms in total. The van der Waals surface area contributed by atoms with Gasteiger partial charge in [-0.15, -0.1) is 5.10 Å². The second-order valence-electron chi connectivity index (χ2n) is 4.85. The van der Waals surface area contributed by atoms with Gasteiger partial charge in [-0.1, -0.05) is 25.4 Å². The number of hydrogen-bond donors (Lipinski definition) is 1. The average molecular weight is 280 g/mol. The van der Waals surface area contributed by atoms with Crippen LogP contribution in [0.25, 0.3) is 11.4 Å². The molecular formula is C13H18ClN5. The summed E-state index contributed by atoms with van der Waals surface area (Å²) < 4.78 is 1.85. The van der Waals surface area contributed by atoms with E-state index in [0.29, 0.717) is 16.5 Å². The molecule has 1 aromatic heterocycles. The molecule has 1 heterocycles. The molecule has 0 aliphatic carbocycles. The number of anilines is 1. The zero-order valence-corrected chi connectivity index (χ0v) is 12.1. The Morgan fingerprint density at radius 2 is 2.00 bits per heavy atom. The molecule has 2 N–H and O–H groups in total. The maximum absolute atomic E-state index is 6.01. The molecule has 1 aromatic carbocycles. The molecule has 19 heavy (non-hydrogen) atoms. The van der Waals surface area contributed by atoms with Crippen molar-refractivity contribution in [2.45, 2.75) is 39.2 Å². The summed E-state index contributed by atoms with van der Waals surface area (Å²) in [6.45, 7) is 6.39. The van der Waals surface area contributed by atoms with Crippen LogP contribution in [0.4, 0.5) is 5.69 Å². The van der Waals surface area contributed by atoms with E-state index in [0.717, 1.165) is 18.4 Å². The summed E-state index contributed by atoms with van der Waals surface area (Å²) in [5.74, 6) is 0.681. The van der Waals surface area contributed by atoms with Crippen LogP contribution in [0.1, 0.15) is 33.6 Å². The Morgan fingerprint density at radius 1 is 1.32 bits per heavy atom. The second-order valence-corrected chi connectivity index (χ2v) is 5.29. The normalized spacial score (nSPS) is 11.8. The number of tetrazole rings is 1. The lowest BCUT2D eigenvalue weighted by molar-refractivity contribution is 0.262. The minimum absolute atomic E-state index is 0.120. The highest BCUT2D eigenvalue weighted by Crippen LogP contribution is 2.32. The fraction of sp³-hybridized carbons (Fsp3) is 0.462. The largest absolute Gasteiger partial charge is 0.398 e. The number of rotatable bonds is 4. The Morgan fingerprint density at radius 3 is 2.58 bits per heavy atom. The maximum atomic E-state index is 6.01. The second kappa shape index (κ2) is 5.17. The molecule has 0 aliphatic heterocycles. The minimum Gasteiger partial charge on any atom is -0.398 e. The van der Waals surface area contributed by atoms with Crippen LogP contribution >= 0.6 is 11.6 Å². The smallest absolute Gasteiger partial charge is 0.184 e. The van der Waals surface area contributed by atoms with Crippen LogP contribution in [0.2, 0.25) is 5.02 Å². The summed E-state index contributed by atoms with van der Waals surface area (Å²) in [7, 11) is 0. The predicted molar refractivity (Wildman–Crippen MR) is 76.9 cm³/mol. The first kappa shape index (κ1) is 13.8. The van der Waals surface area contributed by atoms with Crippen molar-refractivity contribution in [2.24, 2.45) is 0 Å². The van der Waals surface area contributed by atoms with Crippen LogP contribution in [0.15, 0.2) is 18.2 Å². The lowest BCUT2D eigenvalue weighted by atomic mass is 9.95. The summed E-state index contributed by atoms with van der Waals surface area (Å²) in [6, 6.07) is 5.36.